The van der Waals surface area contributed by atoms with Gasteiger partial charge in [-0.25, -0.2) is 0 Å². The molecule has 5 heteroatoms. The Morgan fingerprint density at radius 1 is 1.42 bits per heavy atom. The summed E-state index contributed by atoms with van der Waals surface area (Å²) in [6.07, 6.45) is 5.77. The Kier molecular flexibility index (Phi) is 5.39. The summed E-state index contributed by atoms with van der Waals surface area (Å²) in [6.45, 7) is 3.46. The first-order chi connectivity index (χ1) is 9.27. The average molecular weight is 280 g/mol. The maximum atomic E-state index is 12.2. The van der Waals surface area contributed by atoms with E-state index in [2.05, 4.69) is 5.16 Å². The lowest BCUT2D eigenvalue weighted by atomic mass is 10.2. The van der Waals surface area contributed by atoms with Crippen molar-refractivity contribution in [3.05, 3.63) is 22.4 Å². The zero-order chi connectivity index (χ0) is 13.5. The van der Waals surface area contributed by atoms with E-state index in [1.807, 2.05) is 22.4 Å². The SMILES string of the molecule is CC(O/N=C/c1cccs1)C(=O)N1CCCCCC1. The van der Waals surface area contributed by atoms with Crippen LogP contribution in [0.4, 0.5) is 0 Å². The number of likely N-dealkylation sites (tertiary alicyclic amines) is 1. The van der Waals surface area contributed by atoms with E-state index in [1.165, 1.54) is 12.8 Å². The molecular weight excluding hydrogens is 260 g/mol. The van der Waals surface area contributed by atoms with Crippen LogP contribution in [0.5, 0.6) is 0 Å². The van der Waals surface area contributed by atoms with Gasteiger partial charge >= 0.3 is 0 Å². The number of amides is 1. The summed E-state index contributed by atoms with van der Waals surface area (Å²) in [5.74, 6) is 0.0465. The average Bonchev–Trinajstić information content (AvgIpc) is 2.78. The Hall–Kier alpha value is -1.36. The third kappa shape index (κ3) is 4.35. The van der Waals surface area contributed by atoms with Crippen molar-refractivity contribution >= 4 is 23.5 Å². The minimum atomic E-state index is -0.505. The van der Waals surface area contributed by atoms with E-state index in [-0.39, 0.29) is 5.91 Å². The molecule has 0 N–H and O–H groups in total. The Morgan fingerprint density at radius 2 is 2.16 bits per heavy atom. The second kappa shape index (κ2) is 7.28. The van der Waals surface area contributed by atoms with E-state index in [0.717, 1.165) is 30.8 Å². The monoisotopic (exact) mass is 280 g/mol. The third-order valence-electron chi connectivity index (χ3n) is 3.21. The van der Waals surface area contributed by atoms with Gasteiger partial charge < -0.3 is 9.74 Å². The fourth-order valence-electron chi connectivity index (χ4n) is 2.13. The van der Waals surface area contributed by atoms with Crippen molar-refractivity contribution in [3.63, 3.8) is 0 Å². The van der Waals surface area contributed by atoms with E-state index in [1.54, 1.807) is 24.5 Å². The summed E-state index contributed by atoms with van der Waals surface area (Å²) in [4.78, 5) is 20.4. The van der Waals surface area contributed by atoms with Gasteiger partial charge in [-0.1, -0.05) is 24.1 Å². The predicted molar refractivity (Wildman–Crippen MR) is 77.5 cm³/mol. The molecule has 0 spiro atoms. The number of carbonyl (C=O) groups excluding carboxylic acids is 1. The van der Waals surface area contributed by atoms with Gasteiger partial charge in [0, 0.05) is 18.0 Å². The number of nitrogens with zero attached hydrogens (tertiary/aromatic N) is 2. The third-order valence-corrected chi connectivity index (χ3v) is 4.01. The standard InChI is InChI=1S/C14H20N2O2S/c1-12(18-15-11-13-7-6-10-19-13)14(17)16-8-4-2-3-5-9-16/h6-7,10-12H,2-5,8-9H2,1H3/b15-11+. The molecule has 19 heavy (non-hydrogen) atoms. The lowest BCUT2D eigenvalue weighted by Gasteiger charge is -2.22. The Labute approximate surface area is 118 Å². The molecule has 4 nitrogen and oxygen atoms in total. The van der Waals surface area contributed by atoms with Crippen LogP contribution in [0.2, 0.25) is 0 Å². The Bertz CT molecular complexity index is 409. The van der Waals surface area contributed by atoms with Crippen LogP contribution in [0.1, 0.15) is 37.5 Å². The topological polar surface area (TPSA) is 41.9 Å². The molecule has 1 aromatic rings. The highest BCUT2D eigenvalue weighted by Crippen LogP contribution is 2.12. The van der Waals surface area contributed by atoms with Crippen molar-refractivity contribution < 1.29 is 9.63 Å². The Balaban J connectivity index is 1.81. The zero-order valence-electron chi connectivity index (χ0n) is 11.2. The first kappa shape index (κ1) is 14.1. The normalized spacial score (nSPS) is 18.3. The lowest BCUT2D eigenvalue weighted by molar-refractivity contribution is -0.142. The fourth-order valence-corrected chi connectivity index (χ4v) is 2.71. The molecule has 2 rings (SSSR count). The lowest BCUT2D eigenvalue weighted by Crippen LogP contribution is -2.39. The molecule has 0 bridgehead atoms. The van der Waals surface area contributed by atoms with E-state index in [4.69, 9.17) is 4.84 Å². The maximum absolute atomic E-state index is 12.2. The first-order valence-corrected chi connectivity index (χ1v) is 7.67. The number of thiophene rings is 1. The fraction of sp³-hybridized carbons (Fsp3) is 0.571. The molecule has 1 aromatic heterocycles. The number of rotatable bonds is 4. The minimum absolute atomic E-state index is 0.0465. The number of oxime groups is 1. The van der Waals surface area contributed by atoms with Gasteiger partial charge in [-0.05, 0) is 31.2 Å². The molecule has 1 saturated heterocycles. The van der Waals surface area contributed by atoms with Crippen LogP contribution >= 0.6 is 11.3 Å². The molecule has 2 heterocycles. The summed E-state index contributed by atoms with van der Waals surface area (Å²) < 4.78 is 0. The number of hydrogen-bond donors (Lipinski definition) is 0. The van der Waals surface area contributed by atoms with Crippen molar-refractivity contribution in [1.82, 2.24) is 4.90 Å². The Morgan fingerprint density at radius 3 is 2.79 bits per heavy atom. The van der Waals surface area contributed by atoms with E-state index < -0.39 is 6.10 Å². The molecule has 1 fully saturated rings. The van der Waals surface area contributed by atoms with Gasteiger partial charge in [0.15, 0.2) is 0 Å². The highest BCUT2D eigenvalue weighted by molar-refractivity contribution is 7.11. The van der Waals surface area contributed by atoms with Gasteiger partial charge in [0.25, 0.3) is 5.91 Å². The van der Waals surface area contributed by atoms with Crippen LogP contribution in [0.3, 0.4) is 0 Å². The molecule has 0 aliphatic carbocycles. The van der Waals surface area contributed by atoms with Crippen molar-refractivity contribution in [2.45, 2.75) is 38.7 Å². The molecule has 1 aliphatic rings. The second-order valence-corrected chi connectivity index (χ2v) is 5.72. The predicted octanol–water partition coefficient (Wildman–Crippen LogP) is 2.89. The van der Waals surface area contributed by atoms with Gasteiger partial charge in [-0.3, -0.25) is 4.79 Å². The molecule has 1 amide bonds. The largest absolute Gasteiger partial charge is 0.383 e. The highest BCUT2D eigenvalue weighted by Gasteiger charge is 2.22. The van der Waals surface area contributed by atoms with Crippen LogP contribution in [0.15, 0.2) is 22.7 Å². The van der Waals surface area contributed by atoms with Crippen LogP contribution in [-0.2, 0) is 9.63 Å². The zero-order valence-corrected chi connectivity index (χ0v) is 12.1. The first-order valence-electron chi connectivity index (χ1n) is 6.79. The summed E-state index contributed by atoms with van der Waals surface area (Å²) >= 11 is 1.59. The molecule has 0 aromatic carbocycles. The van der Waals surface area contributed by atoms with Crippen LogP contribution in [-0.4, -0.2) is 36.2 Å². The van der Waals surface area contributed by atoms with E-state index >= 15 is 0 Å². The molecular formula is C14H20N2O2S. The molecule has 0 radical (unpaired) electrons. The molecule has 1 aliphatic heterocycles. The van der Waals surface area contributed by atoms with Crippen LogP contribution < -0.4 is 0 Å². The minimum Gasteiger partial charge on any atom is -0.383 e. The van der Waals surface area contributed by atoms with E-state index in [9.17, 15) is 4.79 Å². The van der Waals surface area contributed by atoms with Crippen molar-refractivity contribution in [1.29, 1.82) is 0 Å². The molecule has 1 unspecified atom stereocenters. The van der Waals surface area contributed by atoms with Crippen molar-refractivity contribution in [2.24, 2.45) is 5.16 Å². The summed E-state index contributed by atoms with van der Waals surface area (Å²) in [5, 5.41) is 5.87. The van der Waals surface area contributed by atoms with E-state index in [0.29, 0.717) is 0 Å². The smallest absolute Gasteiger partial charge is 0.266 e. The van der Waals surface area contributed by atoms with Crippen LogP contribution in [0, 0.1) is 0 Å². The quantitative estimate of drug-likeness (QED) is 0.628. The van der Waals surface area contributed by atoms with Gasteiger partial charge in [-0.2, -0.15) is 0 Å². The van der Waals surface area contributed by atoms with Crippen molar-refractivity contribution in [2.75, 3.05) is 13.1 Å². The summed E-state index contributed by atoms with van der Waals surface area (Å²) in [5.41, 5.74) is 0. The van der Waals surface area contributed by atoms with Gasteiger partial charge in [-0.15, -0.1) is 11.3 Å². The van der Waals surface area contributed by atoms with Gasteiger partial charge in [0.05, 0.1) is 6.21 Å². The van der Waals surface area contributed by atoms with Crippen molar-refractivity contribution in [3.8, 4) is 0 Å². The molecule has 0 saturated carbocycles. The summed E-state index contributed by atoms with van der Waals surface area (Å²) in [6, 6.07) is 3.91. The highest BCUT2D eigenvalue weighted by atomic mass is 32.1. The summed E-state index contributed by atoms with van der Waals surface area (Å²) in [7, 11) is 0. The number of carbonyl (C=O) groups is 1. The van der Waals surface area contributed by atoms with Crippen LogP contribution in [0.25, 0.3) is 0 Å². The number of hydrogen-bond acceptors (Lipinski definition) is 4. The molecule has 1 atom stereocenters. The van der Waals surface area contributed by atoms with Gasteiger partial charge in [0.2, 0.25) is 6.10 Å². The molecule has 104 valence electrons. The maximum Gasteiger partial charge on any atom is 0.266 e. The second-order valence-electron chi connectivity index (χ2n) is 4.74. The van der Waals surface area contributed by atoms with Gasteiger partial charge in [0.1, 0.15) is 0 Å².